The lowest BCUT2D eigenvalue weighted by molar-refractivity contribution is -0.133. The maximum atomic E-state index is 11.9. The van der Waals surface area contributed by atoms with Crippen molar-refractivity contribution >= 4 is 23.4 Å². The van der Waals surface area contributed by atoms with Crippen molar-refractivity contribution in [2.75, 3.05) is 20.6 Å². The summed E-state index contributed by atoms with van der Waals surface area (Å²) in [6.45, 7) is -0.0250. The molecule has 2 amide bonds. The maximum Gasteiger partial charge on any atom is 0.261 e. The summed E-state index contributed by atoms with van der Waals surface area (Å²) in [7, 11) is 3.27. The molecular weight excluding hydrogens is 268 g/mol. The molecule has 19 heavy (non-hydrogen) atoms. The average molecular weight is 283 g/mol. The van der Waals surface area contributed by atoms with E-state index >= 15 is 0 Å². The fraction of sp³-hybridized carbons (Fsp3) is 0.385. The van der Waals surface area contributed by atoms with Gasteiger partial charge in [0.15, 0.2) is 6.10 Å². The monoisotopic (exact) mass is 282 g/mol. The first kappa shape index (κ1) is 13.7. The van der Waals surface area contributed by atoms with Gasteiger partial charge in [-0.2, -0.15) is 0 Å². The number of amides is 2. The van der Waals surface area contributed by atoms with Crippen LogP contribution in [0.3, 0.4) is 0 Å². The van der Waals surface area contributed by atoms with E-state index in [2.05, 4.69) is 5.32 Å². The topological polar surface area (TPSA) is 58.6 Å². The van der Waals surface area contributed by atoms with Crippen LogP contribution in [-0.4, -0.2) is 43.5 Å². The molecule has 0 fully saturated rings. The van der Waals surface area contributed by atoms with Crippen LogP contribution in [0.1, 0.15) is 5.56 Å². The summed E-state index contributed by atoms with van der Waals surface area (Å²) in [6.07, 6.45) is -0.124. The largest absolute Gasteiger partial charge is 0.480 e. The molecule has 0 bridgehead atoms. The molecule has 1 aliphatic rings. The second kappa shape index (κ2) is 5.48. The van der Waals surface area contributed by atoms with Crippen molar-refractivity contribution in [3.8, 4) is 5.75 Å². The lowest BCUT2D eigenvalue weighted by Gasteiger charge is -2.13. The number of hydrogen-bond donors (Lipinski definition) is 1. The summed E-state index contributed by atoms with van der Waals surface area (Å²) in [5.74, 6) is 0.220. The van der Waals surface area contributed by atoms with Gasteiger partial charge in [0.25, 0.3) is 5.91 Å². The molecule has 0 saturated carbocycles. The first-order chi connectivity index (χ1) is 8.97. The first-order valence-corrected chi connectivity index (χ1v) is 6.28. The number of halogens is 1. The van der Waals surface area contributed by atoms with Crippen LogP contribution in [0.15, 0.2) is 18.2 Å². The summed E-state index contributed by atoms with van der Waals surface area (Å²) >= 11 is 5.88. The molecule has 0 unspecified atom stereocenters. The predicted molar refractivity (Wildman–Crippen MR) is 71.3 cm³/mol. The van der Waals surface area contributed by atoms with E-state index in [0.717, 1.165) is 5.56 Å². The van der Waals surface area contributed by atoms with Crippen molar-refractivity contribution in [1.82, 2.24) is 10.2 Å². The lowest BCUT2D eigenvalue weighted by Crippen LogP contribution is -2.42. The van der Waals surface area contributed by atoms with Crippen LogP contribution in [0.4, 0.5) is 0 Å². The van der Waals surface area contributed by atoms with Gasteiger partial charge in [-0.25, -0.2) is 0 Å². The van der Waals surface area contributed by atoms with E-state index in [0.29, 0.717) is 17.2 Å². The number of likely N-dealkylation sites (N-methyl/N-ethyl adjacent to an activating group) is 1. The molecule has 1 atom stereocenters. The zero-order valence-electron chi connectivity index (χ0n) is 10.8. The fourth-order valence-corrected chi connectivity index (χ4v) is 1.99. The minimum absolute atomic E-state index is 0.0250. The van der Waals surface area contributed by atoms with E-state index in [1.54, 1.807) is 32.3 Å². The Balaban J connectivity index is 1.92. The second-order valence-corrected chi connectivity index (χ2v) is 5.01. The number of hydrogen-bond acceptors (Lipinski definition) is 3. The van der Waals surface area contributed by atoms with Gasteiger partial charge in [-0.15, -0.1) is 0 Å². The minimum atomic E-state index is -0.594. The van der Waals surface area contributed by atoms with Crippen LogP contribution in [0.25, 0.3) is 0 Å². The highest BCUT2D eigenvalue weighted by atomic mass is 35.5. The molecule has 0 aromatic heterocycles. The van der Waals surface area contributed by atoms with E-state index in [-0.39, 0.29) is 18.4 Å². The SMILES string of the molecule is CN(C)C(=O)CNC(=O)[C@H]1Cc2cc(Cl)ccc2O1. The van der Waals surface area contributed by atoms with Crippen LogP contribution in [0.2, 0.25) is 5.02 Å². The van der Waals surface area contributed by atoms with E-state index in [1.165, 1.54) is 4.90 Å². The summed E-state index contributed by atoms with van der Waals surface area (Å²) in [5.41, 5.74) is 0.909. The van der Waals surface area contributed by atoms with Crippen molar-refractivity contribution in [2.45, 2.75) is 12.5 Å². The Morgan fingerprint density at radius 3 is 2.89 bits per heavy atom. The van der Waals surface area contributed by atoms with Gasteiger partial charge >= 0.3 is 0 Å². The molecular formula is C13H15ClN2O3. The molecule has 5 nitrogen and oxygen atoms in total. The van der Waals surface area contributed by atoms with Gasteiger partial charge in [-0.05, 0) is 23.8 Å². The molecule has 0 spiro atoms. The third-order valence-electron chi connectivity index (χ3n) is 2.90. The smallest absolute Gasteiger partial charge is 0.261 e. The van der Waals surface area contributed by atoms with Crippen molar-refractivity contribution in [3.63, 3.8) is 0 Å². The van der Waals surface area contributed by atoms with Crippen LogP contribution >= 0.6 is 11.6 Å². The highest BCUT2D eigenvalue weighted by molar-refractivity contribution is 6.30. The second-order valence-electron chi connectivity index (χ2n) is 4.57. The highest BCUT2D eigenvalue weighted by Crippen LogP contribution is 2.30. The van der Waals surface area contributed by atoms with E-state index in [4.69, 9.17) is 16.3 Å². The third-order valence-corrected chi connectivity index (χ3v) is 3.14. The molecule has 0 radical (unpaired) electrons. The van der Waals surface area contributed by atoms with E-state index in [9.17, 15) is 9.59 Å². The molecule has 1 heterocycles. The predicted octanol–water partition coefficient (Wildman–Crippen LogP) is 0.848. The lowest BCUT2D eigenvalue weighted by atomic mass is 10.1. The highest BCUT2D eigenvalue weighted by Gasteiger charge is 2.29. The normalized spacial score (nSPS) is 16.5. The molecule has 102 valence electrons. The Morgan fingerprint density at radius 2 is 2.21 bits per heavy atom. The summed E-state index contributed by atoms with van der Waals surface area (Å²) in [6, 6.07) is 5.25. The molecule has 2 rings (SSSR count). The Hall–Kier alpha value is -1.75. The van der Waals surface area contributed by atoms with Gasteiger partial charge in [-0.3, -0.25) is 9.59 Å². The number of carbonyl (C=O) groups is 2. The minimum Gasteiger partial charge on any atom is -0.480 e. The van der Waals surface area contributed by atoms with Crippen molar-refractivity contribution < 1.29 is 14.3 Å². The zero-order chi connectivity index (χ0) is 14.0. The summed E-state index contributed by atoms with van der Waals surface area (Å²) < 4.78 is 5.52. The van der Waals surface area contributed by atoms with Crippen LogP contribution < -0.4 is 10.1 Å². The van der Waals surface area contributed by atoms with Crippen LogP contribution in [0, 0.1) is 0 Å². The molecule has 1 aliphatic heterocycles. The van der Waals surface area contributed by atoms with E-state index in [1.807, 2.05) is 0 Å². The van der Waals surface area contributed by atoms with Crippen LogP contribution in [0.5, 0.6) is 5.75 Å². The molecule has 6 heteroatoms. The van der Waals surface area contributed by atoms with Gasteiger partial charge in [0.1, 0.15) is 5.75 Å². The van der Waals surface area contributed by atoms with Crippen molar-refractivity contribution in [3.05, 3.63) is 28.8 Å². The Morgan fingerprint density at radius 1 is 1.47 bits per heavy atom. The molecule has 0 saturated heterocycles. The molecule has 1 aromatic carbocycles. The Kier molecular flexibility index (Phi) is 3.95. The number of nitrogens with one attached hydrogen (secondary N) is 1. The first-order valence-electron chi connectivity index (χ1n) is 5.90. The third kappa shape index (κ3) is 3.17. The van der Waals surface area contributed by atoms with E-state index < -0.39 is 6.10 Å². The maximum absolute atomic E-state index is 11.9. The number of rotatable bonds is 3. The van der Waals surface area contributed by atoms with Crippen LogP contribution in [-0.2, 0) is 16.0 Å². The van der Waals surface area contributed by atoms with Gasteiger partial charge < -0.3 is 15.0 Å². The van der Waals surface area contributed by atoms with Gasteiger partial charge in [-0.1, -0.05) is 11.6 Å². The number of benzene rings is 1. The number of nitrogens with zero attached hydrogens (tertiary/aromatic N) is 1. The quantitative estimate of drug-likeness (QED) is 0.894. The van der Waals surface area contributed by atoms with Gasteiger partial charge in [0, 0.05) is 25.5 Å². The van der Waals surface area contributed by atoms with Crippen molar-refractivity contribution in [1.29, 1.82) is 0 Å². The van der Waals surface area contributed by atoms with Gasteiger partial charge in [0.2, 0.25) is 5.91 Å². The Labute approximate surface area is 116 Å². The van der Waals surface area contributed by atoms with Crippen molar-refractivity contribution in [2.24, 2.45) is 0 Å². The average Bonchev–Trinajstić information content (AvgIpc) is 2.78. The summed E-state index contributed by atoms with van der Waals surface area (Å²) in [5, 5.41) is 3.18. The number of ether oxygens (including phenoxy) is 1. The Bertz CT molecular complexity index is 517. The fourth-order valence-electron chi connectivity index (χ4n) is 1.80. The number of carbonyl (C=O) groups excluding carboxylic acids is 2. The summed E-state index contributed by atoms with van der Waals surface area (Å²) in [4.78, 5) is 24.7. The zero-order valence-corrected chi connectivity index (χ0v) is 11.5. The van der Waals surface area contributed by atoms with Gasteiger partial charge in [0.05, 0.1) is 6.54 Å². The molecule has 1 aromatic rings. The molecule has 0 aliphatic carbocycles. The standard InChI is InChI=1S/C13H15ClN2O3/c1-16(2)12(17)7-15-13(18)11-6-8-5-9(14)3-4-10(8)19-11/h3-5,11H,6-7H2,1-2H3,(H,15,18)/t11-/m1/s1. The molecule has 1 N–H and O–H groups in total. The number of fused-ring (bicyclic) bond motifs is 1.